The Bertz CT molecular complexity index is 538. The molecule has 0 saturated carbocycles. The fraction of sp³-hybridized carbons (Fsp3) is 0.0769. The Labute approximate surface area is 98.5 Å². The number of carboxylic acid groups (broad SMARTS) is 1. The fourth-order valence-corrected chi connectivity index (χ4v) is 1.64. The molecule has 0 bridgehead atoms. The largest absolute Gasteiger partial charge is 0.496 e. The molecule has 4 nitrogen and oxygen atoms in total. The summed E-state index contributed by atoms with van der Waals surface area (Å²) in [6, 6.07) is 10.7. The molecule has 0 atom stereocenters. The summed E-state index contributed by atoms with van der Waals surface area (Å²) < 4.78 is 5.05. The molecule has 0 saturated heterocycles. The van der Waals surface area contributed by atoms with Crippen LogP contribution in [0, 0.1) is 0 Å². The maximum absolute atomic E-state index is 11.3. The Morgan fingerprint density at radius 3 is 2.53 bits per heavy atom. The molecule has 1 N–H and O–H groups in total. The number of rotatable bonds is 3. The smallest absolute Gasteiger partial charge is 0.341 e. The van der Waals surface area contributed by atoms with Crippen molar-refractivity contribution >= 4 is 5.97 Å². The third-order valence-corrected chi connectivity index (χ3v) is 2.39. The predicted octanol–water partition coefficient (Wildman–Crippen LogP) is 2.46. The summed E-state index contributed by atoms with van der Waals surface area (Å²) in [4.78, 5) is 15.4. The minimum Gasteiger partial charge on any atom is -0.496 e. The highest BCUT2D eigenvalue weighted by atomic mass is 16.5. The molecular weight excluding hydrogens is 218 g/mol. The third-order valence-electron chi connectivity index (χ3n) is 2.39. The maximum Gasteiger partial charge on any atom is 0.341 e. The van der Waals surface area contributed by atoms with Gasteiger partial charge in [0.25, 0.3) is 0 Å². The Morgan fingerprint density at radius 2 is 1.94 bits per heavy atom. The second kappa shape index (κ2) is 4.65. The number of pyridine rings is 1. The van der Waals surface area contributed by atoms with Crippen molar-refractivity contribution in [1.29, 1.82) is 0 Å². The van der Waals surface area contributed by atoms with Crippen molar-refractivity contribution in [2.24, 2.45) is 0 Å². The van der Waals surface area contributed by atoms with Crippen molar-refractivity contribution in [2.75, 3.05) is 7.11 Å². The monoisotopic (exact) mass is 229 g/mol. The van der Waals surface area contributed by atoms with E-state index in [4.69, 9.17) is 4.74 Å². The quantitative estimate of drug-likeness (QED) is 0.878. The van der Waals surface area contributed by atoms with E-state index < -0.39 is 5.97 Å². The van der Waals surface area contributed by atoms with Gasteiger partial charge in [-0.1, -0.05) is 30.3 Å². The van der Waals surface area contributed by atoms with Gasteiger partial charge < -0.3 is 9.84 Å². The number of methoxy groups -OCH3 is 1. The van der Waals surface area contributed by atoms with Crippen LogP contribution in [0.1, 0.15) is 10.4 Å². The van der Waals surface area contributed by atoms with Gasteiger partial charge in [0, 0.05) is 11.8 Å². The minimum absolute atomic E-state index is 0.0844. The molecule has 1 aromatic carbocycles. The Morgan fingerprint density at radius 1 is 1.24 bits per heavy atom. The molecular formula is C13H11NO3. The van der Waals surface area contributed by atoms with E-state index in [-0.39, 0.29) is 5.56 Å². The summed E-state index contributed by atoms with van der Waals surface area (Å²) in [7, 11) is 1.44. The first kappa shape index (κ1) is 11.1. The second-order valence-corrected chi connectivity index (χ2v) is 3.41. The second-order valence-electron chi connectivity index (χ2n) is 3.41. The van der Waals surface area contributed by atoms with Crippen LogP contribution in [0.15, 0.2) is 42.6 Å². The number of hydrogen-bond acceptors (Lipinski definition) is 3. The average molecular weight is 229 g/mol. The standard InChI is InChI=1S/C13H11NO3/c1-17-10-7-8-14-12(11(10)13(15)16)9-5-3-2-4-6-9/h2-8H,1H3,(H,15,16). The lowest BCUT2D eigenvalue weighted by atomic mass is 10.1. The number of ether oxygens (including phenoxy) is 1. The van der Waals surface area contributed by atoms with Crippen LogP contribution in [0.25, 0.3) is 11.3 Å². The van der Waals surface area contributed by atoms with Gasteiger partial charge in [-0.2, -0.15) is 0 Å². The average Bonchev–Trinajstić information content (AvgIpc) is 2.38. The van der Waals surface area contributed by atoms with Crippen LogP contribution in [0.3, 0.4) is 0 Å². The topological polar surface area (TPSA) is 59.4 Å². The van der Waals surface area contributed by atoms with E-state index in [1.165, 1.54) is 19.4 Å². The van der Waals surface area contributed by atoms with Crippen LogP contribution >= 0.6 is 0 Å². The first-order valence-corrected chi connectivity index (χ1v) is 5.05. The molecule has 2 aromatic rings. The zero-order valence-corrected chi connectivity index (χ0v) is 9.25. The summed E-state index contributed by atoms with van der Waals surface area (Å²) in [5.41, 5.74) is 1.25. The van der Waals surface area contributed by atoms with Crippen LogP contribution < -0.4 is 4.74 Å². The molecule has 86 valence electrons. The summed E-state index contributed by atoms with van der Waals surface area (Å²) in [6.45, 7) is 0. The van der Waals surface area contributed by atoms with E-state index >= 15 is 0 Å². The van der Waals surface area contributed by atoms with Crippen LogP contribution in [-0.2, 0) is 0 Å². The summed E-state index contributed by atoms with van der Waals surface area (Å²) in [6.07, 6.45) is 1.54. The van der Waals surface area contributed by atoms with Gasteiger partial charge in [-0.3, -0.25) is 4.98 Å². The van der Waals surface area contributed by atoms with Crippen molar-refractivity contribution in [1.82, 2.24) is 4.98 Å². The van der Waals surface area contributed by atoms with Gasteiger partial charge in [0.15, 0.2) is 0 Å². The van der Waals surface area contributed by atoms with E-state index in [1.54, 1.807) is 0 Å². The highest BCUT2D eigenvalue weighted by Crippen LogP contribution is 2.28. The number of hydrogen-bond donors (Lipinski definition) is 1. The highest BCUT2D eigenvalue weighted by molar-refractivity contribution is 5.97. The molecule has 0 fully saturated rings. The SMILES string of the molecule is COc1ccnc(-c2ccccc2)c1C(=O)O. The van der Waals surface area contributed by atoms with Crippen LogP contribution in [0.4, 0.5) is 0 Å². The van der Waals surface area contributed by atoms with Gasteiger partial charge >= 0.3 is 5.97 Å². The number of aromatic carboxylic acids is 1. The van der Waals surface area contributed by atoms with Gasteiger partial charge in [0.05, 0.1) is 12.8 Å². The summed E-state index contributed by atoms with van der Waals surface area (Å²) >= 11 is 0. The molecule has 0 radical (unpaired) electrons. The van der Waals surface area contributed by atoms with Crippen molar-refractivity contribution in [3.8, 4) is 17.0 Å². The Kier molecular flexibility index (Phi) is 3.05. The molecule has 17 heavy (non-hydrogen) atoms. The lowest BCUT2D eigenvalue weighted by Gasteiger charge is -2.09. The number of aromatic nitrogens is 1. The predicted molar refractivity (Wildman–Crippen MR) is 63.2 cm³/mol. The van der Waals surface area contributed by atoms with Crippen LogP contribution in [0.2, 0.25) is 0 Å². The molecule has 1 aromatic heterocycles. The minimum atomic E-state index is -1.05. The van der Waals surface area contributed by atoms with Gasteiger partial charge in [0.2, 0.25) is 0 Å². The summed E-state index contributed by atoms with van der Waals surface area (Å²) in [5.74, 6) is -0.736. The molecule has 0 amide bonds. The molecule has 1 heterocycles. The third kappa shape index (κ3) is 2.10. The van der Waals surface area contributed by atoms with Crippen molar-refractivity contribution in [2.45, 2.75) is 0 Å². The lowest BCUT2D eigenvalue weighted by molar-refractivity contribution is 0.0694. The molecule has 4 heteroatoms. The highest BCUT2D eigenvalue weighted by Gasteiger charge is 2.18. The van der Waals surface area contributed by atoms with Crippen LogP contribution in [-0.4, -0.2) is 23.2 Å². The zero-order chi connectivity index (χ0) is 12.3. The van der Waals surface area contributed by atoms with E-state index in [0.29, 0.717) is 11.4 Å². The molecule has 0 aliphatic heterocycles. The van der Waals surface area contributed by atoms with E-state index in [2.05, 4.69) is 4.98 Å². The molecule has 0 aliphatic rings. The zero-order valence-electron chi connectivity index (χ0n) is 9.25. The number of nitrogens with zero attached hydrogens (tertiary/aromatic N) is 1. The Balaban J connectivity index is 2.66. The first-order valence-electron chi connectivity index (χ1n) is 5.05. The van der Waals surface area contributed by atoms with Gasteiger partial charge in [-0.05, 0) is 6.07 Å². The first-order chi connectivity index (χ1) is 8.24. The lowest BCUT2D eigenvalue weighted by Crippen LogP contribution is -2.04. The van der Waals surface area contributed by atoms with Crippen molar-refractivity contribution in [3.63, 3.8) is 0 Å². The van der Waals surface area contributed by atoms with E-state index in [9.17, 15) is 9.90 Å². The van der Waals surface area contributed by atoms with Gasteiger partial charge in [0.1, 0.15) is 11.3 Å². The molecule has 0 spiro atoms. The van der Waals surface area contributed by atoms with Crippen LogP contribution in [0.5, 0.6) is 5.75 Å². The van der Waals surface area contributed by atoms with Crippen molar-refractivity contribution in [3.05, 3.63) is 48.2 Å². The van der Waals surface area contributed by atoms with E-state index in [1.807, 2.05) is 30.3 Å². The van der Waals surface area contributed by atoms with Crippen molar-refractivity contribution < 1.29 is 14.6 Å². The summed E-state index contributed by atoms with van der Waals surface area (Å²) in [5, 5.41) is 9.22. The van der Waals surface area contributed by atoms with Gasteiger partial charge in [-0.15, -0.1) is 0 Å². The Hall–Kier alpha value is -2.36. The number of carbonyl (C=O) groups is 1. The molecule has 0 aliphatic carbocycles. The maximum atomic E-state index is 11.3. The molecule has 2 rings (SSSR count). The van der Waals surface area contributed by atoms with E-state index in [0.717, 1.165) is 5.56 Å². The number of benzene rings is 1. The molecule has 0 unspecified atom stereocenters. The van der Waals surface area contributed by atoms with Gasteiger partial charge in [-0.25, -0.2) is 4.79 Å². The number of carboxylic acids is 1. The normalized spacial score (nSPS) is 9.94. The fourth-order valence-electron chi connectivity index (χ4n) is 1.64.